The van der Waals surface area contributed by atoms with Gasteiger partial charge in [0.1, 0.15) is 36.6 Å². The molecule has 0 aliphatic heterocycles. The Balaban J connectivity index is 3.65. The SMILES string of the molecule is CCCCCO[C@@H]1[C@@H](OCCCCC)[C@H](OP(=O)(O)O)[C@@H](OP(=O)(O)O)[C@@H](OP(=O)(O)O)[C@H]1OCCCCC. The number of rotatable bonds is 21. The molecule has 1 fully saturated rings. The third-order valence-corrected chi connectivity index (χ3v) is 7.45. The lowest BCUT2D eigenvalue weighted by atomic mass is 9.84. The molecule has 0 aromatic heterocycles. The van der Waals surface area contributed by atoms with Gasteiger partial charge in [0.2, 0.25) is 0 Å². The first-order valence-electron chi connectivity index (χ1n) is 13.2. The lowest BCUT2D eigenvalue weighted by Gasteiger charge is -2.49. The Kier molecular flexibility index (Phi) is 17.2. The minimum absolute atomic E-state index is 0.0591. The van der Waals surface area contributed by atoms with E-state index >= 15 is 0 Å². The van der Waals surface area contributed by atoms with Gasteiger partial charge >= 0.3 is 23.5 Å². The second-order valence-corrected chi connectivity index (χ2v) is 12.9. The summed E-state index contributed by atoms with van der Waals surface area (Å²) in [4.78, 5) is 57.8. The summed E-state index contributed by atoms with van der Waals surface area (Å²) in [7, 11) is -16.2. The van der Waals surface area contributed by atoms with E-state index in [0.717, 1.165) is 38.5 Å². The summed E-state index contributed by atoms with van der Waals surface area (Å²) in [5, 5.41) is 0. The molecule has 6 N–H and O–H groups in total. The zero-order chi connectivity index (χ0) is 29.7. The molecule has 0 saturated heterocycles. The van der Waals surface area contributed by atoms with Crippen molar-refractivity contribution in [2.45, 2.75) is 115 Å². The van der Waals surface area contributed by atoms with Crippen LogP contribution in [0.15, 0.2) is 0 Å². The molecule has 1 aliphatic carbocycles. The van der Waals surface area contributed by atoms with Gasteiger partial charge in [-0.3, -0.25) is 13.6 Å². The fourth-order valence-corrected chi connectivity index (χ4v) is 5.91. The predicted octanol–water partition coefficient (Wildman–Crippen LogP) is 3.16. The molecular formula is C21H45O15P3. The number of unbranched alkanes of at least 4 members (excludes halogenated alkanes) is 6. The summed E-state index contributed by atoms with van der Waals surface area (Å²) in [6.45, 7) is 6.12. The van der Waals surface area contributed by atoms with Gasteiger partial charge in [0, 0.05) is 19.8 Å². The molecular weight excluding hydrogens is 585 g/mol. The van der Waals surface area contributed by atoms with E-state index < -0.39 is 60.1 Å². The number of phosphoric acid groups is 3. The molecule has 0 amide bonds. The molecule has 0 aromatic carbocycles. The van der Waals surface area contributed by atoms with E-state index in [1.165, 1.54) is 0 Å². The monoisotopic (exact) mass is 630 g/mol. The van der Waals surface area contributed by atoms with Crippen LogP contribution in [-0.2, 0) is 41.5 Å². The molecule has 1 aliphatic rings. The van der Waals surface area contributed by atoms with Crippen molar-refractivity contribution in [1.82, 2.24) is 0 Å². The quantitative estimate of drug-likeness (QED) is 0.0790. The topological polar surface area (TPSA) is 228 Å². The van der Waals surface area contributed by atoms with Crippen molar-refractivity contribution in [3.05, 3.63) is 0 Å². The van der Waals surface area contributed by atoms with Crippen LogP contribution >= 0.6 is 23.5 Å². The maximum Gasteiger partial charge on any atom is 0.470 e. The number of ether oxygens (including phenoxy) is 3. The lowest BCUT2D eigenvalue weighted by molar-refractivity contribution is -0.248. The Bertz CT molecular complexity index is 764. The molecule has 18 heteroatoms. The largest absolute Gasteiger partial charge is 0.470 e. The first-order valence-corrected chi connectivity index (χ1v) is 17.8. The van der Waals surface area contributed by atoms with Crippen molar-refractivity contribution >= 4 is 23.5 Å². The van der Waals surface area contributed by atoms with Crippen molar-refractivity contribution < 1.29 is 70.8 Å². The Morgan fingerprint density at radius 2 is 0.667 bits per heavy atom. The normalized spacial score (nSPS) is 26.7. The van der Waals surface area contributed by atoms with Crippen LogP contribution in [-0.4, -0.2) is 85.8 Å². The van der Waals surface area contributed by atoms with E-state index in [1.807, 2.05) is 20.8 Å². The van der Waals surface area contributed by atoms with Crippen LogP contribution in [0.3, 0.4) is 0 Å². The first-order chi connectivity index (χ1) is 18.1. The van der Waals surface area contributed by atoms with Gasteiger partial charge < -0.3 is 43.6 Å². The maximum atomic E-state index is 12.0. The highest BCUT2D eigenvalue weighted by molar-refractivity contribution is 7.47. The summed E-state index contributed by atoms with van der Waals surface area (Å²) >= 11 is 0. The molecule has 0 bridgehead atoms. The standard InChI is InChI=1S/C21H45O15P3/c1-4-7-10-13-31-16-17(32-14-11-8-5-2)19(34-37(22,23)24)21(36-39(28,29)30)20(35-38(25,26)27)18(16)33-15-12-9-6-3/h16-21H,4-15H2,1-3H3,(H2,22,23,24)(H2,25,26,27)(H2,28,29,30)/t16-,17-,18+,19-,20-,21-/m0/s1. The molecule has 6 atom stereocenters. The van der Waals surface area contributed by atoms with Gasteiger partial charge in [-0.25, -0.2) is 13.7 Å². The van der Waals surface area contributed by atoms with Crippen molar-refractivity contribution in [3.63, 3.8) is 0 Å². The summed E-state index contributed by atoms with van der Waals surface area (Å²) in [6, 6.07) is 0. The minimum atomic E-state index is -5.43. The summed E-state index contributed by atoms with van der Waals surface area (Å²) in [5.74, 6) is 0. The minimum Gasteiger partial charge on any atom is -0.373 e. The summed E-state index contributed by atoms with van der Waals surface area (Å²) in [6.07, 6.45) is -3.70. The fourth-order valence-electron chi connectivity index (χ4n) is 4.24. The van der Waals surface area contributed by atoms with Crippen molar-refractivity contribution in [2.75, 3.05) is 19.8 Å². The molecule has 0 spiro atoms. The van der Waals surface area contributed by atoms with Crippen LogP contribution in [0.2, 0.25) is 0 Å². The van der Waals surface area contributed by atoms with E-state index in [9.17, 15) is 43.1 Å². The van der Waals surface area contributed by atoms with Gasteiger partial charge in [-0.05, 0) is 19.3 Å². The Hall–Kier alpha value is 0.210. The van der Waals surface area contributed by atoms with Crippen molar-refractivity contribution in [2.24, 2.45) is 0 Å². The zero-order valence-corrected chi connectivity index (χ0v) is 25.3. The molecule has 0 heterocycles. The molecule has 1 saturated carbocycles. The van der Waals surface area contributed by atoms with Gasteiger partial charge in [-0.2, -0.15) is 0 Å². The van der Waals surface area contributed by atoms with Crippen LogP contribution in [0.5, 0.6) is 0 Å². The van der Waals surface area contributed by atoms with E-state index in [2.05, 4.69) is 0 Å². The van der Waals surface area contributed by atoms with Crippen LogP contribution < -0.4 is 0 Å². The van der Waals surface area contributed by atoms with E-state index in [-0.39, 0.29) is 19.8 Å². The molecule has 15 nitrogen and oxygen atoms in total. The first kappa shape index (κ1) is 37.2. The second-order valence-electron chi connectivity index (χ2n) is 9.31. The van der Waals surface area contributed by atoms with Gasteiger partial charge in [0.05, 0.1) is 0 Å². The highest BCUT2D eigenvalue weighted by Crippen LogP contribution is 2.51. The van der Waals surface area contributed by atoms with Crippen LogP contribution in [0.4, 0.5) is 0 Å². The molecule has 0 aromatic rings. The van der Waals surface area contributed by atoms with Gasteiger partial charge in [0.25, 0.3) is 0 Å². The van der Waals surface area contributed by atoms with Crippen molar-refractivity contribution in [3.8, 4) is 0 Å². The average molecular weight is 630 g/mol. The van der Waals surface area contributed by atoms with Gasteiger partial charge in [-0.15, -0.1) is 0 Å². The lowest BCUT2D eigenvalue weighted by Crippen LogP contribution is -2.67. The number of hydrogen-bond donors (Lipinski definition) is 6. The Morgan fingerprint density at radius 3 is 0.897 bits per heavy atom. The van der Waals surface area contributed by atoms with E-state index in [1.54, 1.807) is 0 Å². The molecule has 0 unspecified atom stereocenters. The maximum absolute atomic E-state index is 12.0. The van der Waals surface area contributed by atoms with E-state index in [4.69, 9.17) is 27.8 Å². The molecule has 234 valence electrons. The van der Waals surface area contributed by atoms with Gasteiger partial charge in [-0.1, -0.05) is 59.3 Å². The third-order valence-electron chi connectivity index (χ3n) is 5.89. The molecule has 1 rings (SSSR count). The Morgan fingerprint density at radius 1 is 0.436 bits per heavy atom. The Labute approximate surface area is 229 Å². The second kappa shape index (κ2) is 18.0. The van der Waals surface area contributed by atoms with Crippen LogP contribution in [0.25, 0.3) is 0 Å². The van der Waals surface area contributed by atoms with Crippen LogP contribution in [0, 0.1) is 0 Å². The molecule has 0 radical (unpaired) electrons. The summed E-state index contributed by atoms with van der Waals surface area (Å²) in [5.41, 5.74) is 0. The zero-order valence-electron chi connectivity index (χ0n) is 22.6. The predicted molar refractivity (Wildman–Crippen MR) is 139 cm³/mol. The summed E-state index contributed by atoms with van der Waals surface area (Å²) < 4.78 is 68.4. The highest BCUT2D eigenvalue weighted by atomic mass is 31.2. The fraction of sp³-hybridized carbons (Fsp3) is 1.00. The number of phosphoric ester groups is 3. The van der Waals surface area contributed by atoms with Gasteiger partial charge in [0.15, 0.2) is 0 Å². The average Bonchev–Trinajstić information content (AvgIpc) is 2.79. The van der Waals surface area contributed by atoms with Crippen molar-refractivity contribution in [1.29, 1.82) is 0 Å². The number of hydrogen-bond acceptors (Lipinski definition) is 9. The molecule has 39 heavy (non-hydrogen) atoms. The highest BCUT2D eigenvalue weighted by Gasteiger charge is 2.59. The third kappa shape index (κ3) is 15.3. The van der Waals surface area contributed by atoms with E-state index in [0.29, 0.717) is 19.3 Å². The smallest absolute Gasteiger partial charge is 0.373 e. The van der Waals surface area contributed by atoms with Crippen LogP contribution in [0.1, 0.15) is 78.6 Å².